The van der Waals surface area contributed by atoms with Crippen LogP contribution in [0.2, 0.25) is 0 Å². The van der Waals surface area contributed by atoms with E-state index in [0.29, 0.717) is 0 Å². The van der Waals surface area contributed by atoms with Crippen LogP contribution in [0.3, 0.4) is 0 Å². The van der Waals surface area contributed by atoms with E-state index in [1.165, 1.54) is 60.5 Å². The molecule has 0 heterocycles. The van der Waals surface area contributed by atoms with Gasteiger partial charge in [-0.3, -0.25) is 0 Å². The molecule has 0 aliphatic heterocycles. The SMILES string of the molecule is C=c1c(C)c(/C=C(CC)/C(C)=C/C=C\CC)c(-c2ccc(-c3cccc4ccccc34)cc2)c/c1=C/C. The van der Waals surface area contributed by atoms with Crippen molar-refractivity contribution in [2.24, 2.45) is 0 Å². The van der Waals surface area contributed by atoms with E-state index in [2.05, 4.69) is 144 Å². The Balaban J connectivity index is 1.86. The molecule has 0 amide bonds. The van der Waals surface area contributed by atoms with Gasteiger partial charge in [-0.1, -0.05) is 118 Å². The minimum Gasteiger partial charge on any atom is -0.0909 e. The van der Waals surface area contributed by atoms with Crippen LogP contribution in [0, 0.1) is 6.92 Å². The maximum absolute atomic E-state index is 4.42. The highest BCUT2D eigenvalue weighted by atomic mass is 14.2. The zero-order chi connectivity index (χ0) is 26.4. The van der Waals surface area contributed by atoms with Crippen molar-refractivity contribution in [2.75, 3.05) is 0 Å². The second kappa shape index (κ2) is 11.9. The highest BCUT2D eigenvalue weighted by Crippen LogP contribution is 2.32. The molecule has 0 bridgehead atoms. The minimum absolute atomic E-state index is 0.981. The molecule has 0 aliphatic carbocycles. The fraction of sp³-hybridized carbons (Fsp3) is 0.189. The summed E-state index contributed by atoms with van der Waals surface area (Å²) < 4.78 is 0. The fourth-order valence-corrected chi connectivity index (χ4v) is 5.01. The number of benzene rings is 4. The number of rotatable bonds is 7. The Morgan fingerprint density at radius 1 is 0.865 bits per heavy atom. The first-order chi connectivity index (χ1) is 18.0. The van der Waals surface area contributed by atoms with Gasteiger partial charge in [0.1, 0.15) is 0 Å². The van der Waals surface area contributed by atoms with Crippen LogP contribution in [-0.4, -0.2) is 0 Å². The molecular weight excluding hydrogens is 444 g/mol. The molecule has 0 spiro atoms. The van der Waals surface area contributed by atoms with Crippen molar-refractivity contribution < 1.29 is 0 Å². The molecule has 4 aromatic carbocycles. The van der Waals surface area contributed by atoms with Crippen molar-refractivity contribution in [1.29, 1.82) is 0 Å². The quantitative estimate of drug-likeness (QED) is 0.230. The van der Waals surface area contributed by atoms with Gasteiger partial charge in [0.05, 0.1) is 0 Å². The van der Waals surface area contributed by atoms with Crippen molar-refractivity contribution in [2.45, 2.75) is 47.5 Å². The van der Waals surface area contributed by atoms with Gasteiger partial charge in [-0.25, -0.2) is 0 Å². The third-order valence-corrected chi connectivity index (χ3v) is 7.33. The lowest BCUT2D eigenvalue weighted by Gasteiger charge is -2.15. The van der Waals surface area contributed by atoms with E-state index < -0.39 is 0 Å². The molecule has 186 valence electrons. The molecule has 37 heavy (non-hydrogen) atoms. The molecule has 0 nitrogen and oxygen atoms in total. The smallest absolute Gasteiger partial charge is 0.0102 e. The van der Waals surface area contributed by atoms with Crippen molar-refractivity contribution in [3.8, 4) is 22.3 Å². The molecule has 0 atom stereocenters. The van der Waals surface area contributed by atoms with Crippen molar-refractivity contribution in [1.82, 2.24) is 0 Å². The third-order valence-electron chi connectivity index (χ3n) is 7.33. The van der Waals surface area contributed by atoms with Crippen LogP contribution < -0.4 is 10.4 Å². The summed E-state index contributed by atoms with van der Waals surface area (Å²) in [6.45, 7) is 15.3. The maximum Gasteiger partial charge on any atom is -0.0102 e. The van der Waals surface area contributed by atoms with E-state index in [-0.39, 0.29) is 0 Å². The molecule has 0 heteroatoms. The largest absolute Gasteiger partial charge is 0.0909 e. The Bertz CT molecular complexity index is 1600. The van der Waals surface area contributed by atoms with Crippen LogP contribution in [-0.2, 0) is 0 Å². The molecule has 0 aliphatic rings. The summed E-state index contributed by atoms with van der Waals surface area (Å²) in [6, 6.07) is 26.5. The Kier molecular flexibility index (Phi) is 8.41. The second-order valence-electron chi connectivity index (χ2n) is 9.63. The molecule has 0 saturated heterocycles. The average molecular weight is 483 g/mol. The summed E-state index contributed by atoms with van der Waals surface area (Å²) in [5.74, 6) is 0. The molecule has 0 aromatic heterocycles. The van der Waals surface area contributed by atoms with E-state index in [9.17, 15) is 0 Å². The number of hydrogen-bond acceptors (Lipinski definition) is 0. The Morgan fingerprint density at radius 2 is 1.54 bits per heavy atom. The minimum atomic E-state index is 0.981. The fourth-order valence-electron chi connectivity index (χ4n) is 5.01. The number of allylic oxidation sites excluding steroid dienone is 5. The zero-order valence-corrected chi connectivity index (χ0v) is 22.9. The van der Waals surface area contributed by atoms with Gasteiger partial charge in [-0.2, -0.15) is 0 Å². The number of hydrogen-bond donors (Lipinski definition) is 0. The molecule has 0 unspecified atom stereocenters. The third kappa shape index (κ3) is 5.59. The van der Waals surface area contributed by atoms with E-state index in [0.717, 1.165) is 18.1 Å². The molecule has 0 radical (unpaired) electrons. The van der Waals surface area contributed by atoms with Crippen LogP contribution in [0.15, 0.2) is 102 Å². The highest BCUT2D eigenvalue weighted by Gasteiger charge is 2.11. The Labute approximate surface area is 222 Å². The van der Waals surface area contributed by atoms with Crippen LogP contribution in [0.5, 0.6) is 0 Å². The van der Waals surface area contributed by atoms with Crippen molar-refractivity contribution >= 4 is 29.5 Å². The van der Waals surface area contributed by atoms with Crippen LogP contribution in [0.1, 0.15) is 51.7 Å². The van der Waals surface area contributed by atoms with Crippen molar-refractivity contribution in [3.05, 3.63) is 124 Å². The van der Waals surface area contributed by atoms with Gasteiger partial charge >= 0.3 is 0 Å². The molecule has 0 N–H and O–H groups in total. The zero-order valence-electron chi connectivity index (χ0n) is 22.9. The Morgan fingerprint density at radius 3 is 2.22 bits per heavy atom. The van der Waals surface area contributed by atoms with E-state index in [4.69, 9.17) is 0 Å². The standard InChI is InChI=1S/C37H38/c1-7-10-11-15-26(4)29(8-2)24-36-28(6)27(5)30(9-3)25-37(36)33-22-20-32(21-23-33)35-19-14-17-31-16-12-13-18-34(31)35/h9-25H,5,7-8H2,1-4,6H3/b11-10-,26-15+,29-24+,30-9-. The molecule has 4 aromatic rings. The lowest BCUT2D eigenvalue weighted by Crippen LogP contribution is -2.27. The lowest BCUT2D eigenvalue weighted by atomic mass is 9.89. The first-order valence-corrected chi connectivity index (χ1v) is 13.4. The summed E-state index contributed by atoms with van der Waals surface area (Å²) in [7, 11) is 0. The topological polar surface area (TPSA) is 0 Å². The normalized spacial score (nSPS) is 13.2. The van der Waals surface area contributed by atoms with Gasteiger partial charge in [0.15, 0.2) is 0 Å². The summed E-state index contributed by atoms with van der Waals surface area (Å²) >= 11 is 0. The van der Waals surface area contributed by atoms with Gasteiger partial charge in [0.2, 0.25) is 0 Å². The molecular formula is C37H38. The maximum atomic E-state index is 4.42. The van der Waals surface area contributed by atoms with E-state index in [1.54, 1.807) is 0 Å². The predicted octanol–water partition coefficient (Wildman–Crippen LogP) is 9.40. The van der Waals surface area contributed by atoms with Crippen LogP contribution in [0.25, 0.3) is 51.8 Å². The second-order valence-corrected chi connectivity index (χ2v) is 9.63. The first kappa shape index (κ1) is 26.2. The summed E-state index contributed by atoms with van der Waals surface area (Å²) in [5.41, 5.74) is 10.1. The van der Waals surface area contributed by atoms with Crippen LogP contribution in [0.4, 0.5) is 0 Å². The van der Waals surface area contributed by atoms with E-state index >= 15 is 0 Å². The summed E-state index contributed by atoms with van der Waals surface area (Å²) in [4.78, 5) is 0. The summed E-state index contributed by atoms with van der Waals surface area (Å²) in [5, 5.41) is 4.85. The monoisotopic (exact) mass is 482 g/mol. The first-order valence-electron chi connectivity index (χ1n) is 13.4. The lowest BCUT2D eigenvalue weighted by molar-refractivity contribution is 1.11. The van der Waals surface area contributed by atoms with Gasteiger partial charge in [-0.05, 0) is 105 Å². The average Bonchev–Trinajstić information content (AvgIpc) is 2.93. The predicted molar refractivity (Wildman–Crippen MR) is 166 cm³/mol. The van der Waals surface area contributed by atoms with Gasteiger partial charge < -0.3 is 0 Å². The number of fused-ring (bicyclic) bond motifs is 1. The van der Waals surface area contributed by atoms with Crippen molar-refractivity contribution in [3.63, 3.8) is 0 Å². The van der Waals surface area contributed by atoms with E-state index in [1.807, 2.05) is 0 Å². The van der Waals surface area contributed by atoms with Gasteiger partial charge in [0, 0.05) is 0 Å². The molecule has 4 rings (SSSR count). The van der Waals surface area contributed by atoms with Crippen LogP contribution >= 0.6 is 0 Å². The molecule has 0 fully saturated rings. The summed E-state index contributed by atoms with van der Waals surface area (Å²) in [6.07, 6.45) is 13.2. The highest BCUT2D eigenvalue weighted by molar-refractivity contribution is 5.97. The van der Waals surface area contributed by atoms with Gasteiger partial charge in [-0.15, -0.1) is 0 Å². The Hall–Kier alpha value is -3.90. The van der Waals surface area contributed by atoms with Gasteiger partial charge in [0.25, 0.3) is 0 Å². The molecule has 0 saturated carbocycles.